The summed E-state index contributed by atoms with van der Waals surface area (Å²) in [6.07, 6.45) is 2.49. The fourth-order valence-electron chi connectivity index (χ4n) is 0.752. The zero-order valence-electron chi connectivity index (χ0n) is 8.26. The number of quaternary nitrogens is 1. The zero-order chi connectivity index (χ0) is 9.78. The van der Waals surface area contributed by atoms with E-state index in [4.69, 9.17) is 0 Å². The normalized spacial score (nSPS) is 13.2. The largest absolute Gasteiger partial charge is 0.545 e. The molecular formula is C9H17NO2. The molecule has 0 aromatic heterocycles. The first-order chi connectivity index (χ1) is 5.33. The number of hydrogen-bond donors (Lipinski definition) is 0. The molecule has 0 bridgehead atoms. The van der Waals surface area contributed by atoms with Gasteiger partial charge in [-0.25, -0.2) is 0 Å². The topological polar surface area (TPSA) is 40.1 Å². The van der Waals surface area contributed by atoms with E-state index >= 15 is 0 Å². The van der Waals surface area contributed by atoms with Gasteiger partial charge in [0, 0.05) is 6.42 Å². The summed E-state index contributed by atoms with van der Waals surface area (Å²) in [6, 6.07) is 0. The van der Waals surface area contributed by atoms with Crippen LogP contribution in [0, 0.1) is 0 Å². The van der Waals surface area contributed by atoms with Crippen molar-refractivity contribution >= 4 is 5.97 Å². The van der Waals surface area contributed by atoms with Crippen molar-refractivity contribution in [1.82, 2.24) is 0 Å². The lowest BCUT2D eigenvalue weighted by Crippen LogP contribution is -2.35. The molecule has 0 aromatic rings. The Balaban J connectivity index is 3.83. The van der Waals surface area contributed by atoms with Crippen LogP contribution in [0.2, 0.25) is 0 Å². The molecule has 3 nitrogen and oxygen atoms in total. The lowest BCUT2D eigenvalue weighted by atomic mass is 10.2. The van der Waals surface area contributed by atoms with Gasteiger partial charge in [-0.3, -0.25) is 0 Å². The van der Waals surface area contributed by atoms with E-state index < -0.39 is 5.97 Å². The van der Waals surface area contributed by atoms with Gasteiger partial charge in [0.1, 0.15) is 0 Å². The third-order valence-corrected chi connectivity index (χ3v) is 1.57. The summed E-state index contributed by atoms with van der Waals surface area (Å²) in [4.78, 5) is 10.3. The molecule has 0 heterocycles. The van der Waals surface area contributed by atoms with E-state index in [1.807, 2.05) is 0 Å². The van der Waals surface area contributed by atoms with Gasteiger partial charge in [-0.1, -0.05) is 6.08 Å². The molecule has 0 saturated heterocycles. The third kappa shape index (κ3) is 5.92. The summed E-state index contributed by atoms with van der Waals surface area (Å²) in [5.41, 5.74) is 0.323. The second-order valence-corrected chi connectivity index (χ2v) is 3.98. The highest BCUT2D eigenvalue weighted by molar-refractivity contribution is 5.83. The Labute approximate surface area is 73.9 Å². The van der Waals surface area contributed by atoms with E-state index in [0.717, 1.165) is 17.4 Å². The number of carbonyl (C=O) groups excluding carboxylic acids is 1. The highest BCUT2D eigenvalue weighted by Crippen LogP contribution is 1.98. The Morgan fingerprint density at radius 3 is 2.25 bits per heavy atom. The molecule has 0 aliphatic carbocycles. The second kappa shape index (κ2) is 4.26. The van der Waals surface area contributed by atoms with Crippen molar-refractivity contribution in [3.05, 3.63) is 11.6 Å². The molecule has 3 heteroatoms. The molecule has 0 atom stereocenters. The molecule has 0 N–H and O–H groups in total. The lowest BCUT2D eigenvalue weighted by molar-refractivity contribution is -0.869. The van der Waals surface area contributed by atoms with E-state index in [1.165, 1.54) is 0 Å². The van der Waals surface area contributed by atoms with E-state index in [-0.39, 0.29) is 0 Å². The van der Waals surface area contributed by atoms with Crippen molar-refractivity contribution in [1.29, 1.82) is 0 Å². The highest BCUT2D eigenvalue weighted by atomic mass is 16.4. The first kappa shape index (κ1) is 11.2. The zero-order valence-corrected chi connectivity index (χ0v) is 8.26. The average molecular weight is 171 g/mol. The third-order valence-electron chi connectivity index (χ3n) is 1.57. The van der Waals surface area contributed by atoms with Crippen LogP contribution in [0.4, 0.5) is 0 Å². The monoisotopic (exact) mass is 171 g/mol. The Bertz CT molecular complexity index is 189. The van der Waals surface area contributed by atoms with Crippen LogP contribution in [0.25, 0.3) is 0 Å². The number of aliphatic carboxylic acids is 1. The minimum absolute atomic E-state index is 0.323. The quantitative estimate of drug-likeness (QED) is 0.433. The van der Waals surface area contributed by atoms with Crippen LogP contribution >= 0.6 is 0 Å². The first-order valence-electron chi connectivity index (χ1n) is 4.01. The highest BCUT2D eigenvalue weighted by Gasteiger charge is 2.03. The summed E-state index contributed by atoms with van der Waals surface area (Å²) in [7, 11) is 6.21. The van der Waals surface area contributed by atoms with Crippen LogP contribution in [0.3, 0.4) is 0 Å². The number of rotatable bonds is 4. The van der Waals surface area contributed by atoms with Crippen molar-refractivity contribution in [2.24, 2.45) is 0 Å². The van der Waals surface area contributed by atoms with Crippen molar-refractivity contribution in [2.75, 3.05) is 27.7 Å². The van der Waals surface area contributed by atoms with Gasteiger partial charge in [0.2, 0.25) is 0 Å². The smallest absolute Gasteiger partial charge is 0.0815 e. The fourth-order valence-corrected chi connectivity index (χ4v) is 0.752. The molecule has 70 valence electrons. The number of nitrogens with zero attached hydrogens (tertiary/aromatic N) is 1. The summed E-state index contributed by atoms with van der Waals surface area (Å²) < 4.78 is 0.844. The van der Waals surface area contributed by atoms with Gasteiger partial charge in [-0.05, 0) is 12.5 Å². The average Bonchev–Trinajstić information content (AvgIpc) is 1.84. The van der Waals surface area contributed by atoms with Crippen LogP contribution in [0.5, 0.6) is 0 Å². The molecule has 0 amide bonds. The molecule has 0 aliphatic heterocycles. The molecule has 0 unspecified atom stereocenters. The van der Waals surface area contributed by atoms with E-state index in [1.54, 1.807) is 13.0 Å². The van der Waals surface area contributed by atoms with Crippen LogP contribution in [-0.4, -0.2) is 38.1 Å². The van der Waals surface area contributed by atoms with Crippen LogP contribution in [-0.2, 0) is 4.79 Å². The Kier molecular flexibility index (Phi) is 3.96. The van der Waals surface area contributed by atoms with Crippen LogP contribution in [0.15, 0.2) is 11.6 Å². The molecule has 0 aliphatic rings. The second-order valence-electron chi connectivity index (χ2n) is 3.98. The molecule has 0 aromatic carbocycles. The van der Waals surface area contributed by atoms with Gasteiger partial charge in [0.15, 0.2) is 0 Å². The predicted molar refractivity (Wildman–Crippen MR) is 46.3 cm³/mol. The van der Waals surface area contributed by atoms with Gasteiger partial charge in [-0.15, -0.1) is 0 Å². The van der Waals surface area contributed by atoms with E-state index in [2.05, 4.69) is 21.1 Å². The van der Waals surface area contributed by atoms with Crippen LogP contribution < -0.4 is 5.11 Å². The maximum absolute atomic E-state index is 10.3. The molecule has 0 rings (SSSR count). The minimum atomic E-state index is -1.07. The van der Waals surface area contributed by atoms with Crippen molar-refractivity contribution in [3.63, 3.8) is 0 Å². The Morgan fingerprint density at radius 2 is 1.92 bits per heavy atom. The Morgan fingerprint density at radius 1 is 1.42 bits per heavy atom. The van der Waals surface area contributed by atoms with Crippen molar-refractivity contribution < 1.29 is 14.4 Å². The lowest BCUT2D eigenvalue weighted by Gasteiger charge is -2.23. The minimum Gasteiger partial charge on any atom is -0.545 e. The van der Waals surface area contributed by atoms with Gasteiger partial charge in [-0.2, -0.15) is 0 Å². The maximum atomic E-state index is 10.3. The van der Waals surface area contributed by atoms with Crippen molar-refractivity contribution in [3.8, 4) is 0 Å². The van der Waals surface area contributed by atoms with Gasteiger partial charge < -0.3 is 14.4 Å². The number of carbonyl (C=O) groups is 1. The molecule has 0 fully saturated rings. The number of carboxylic acid groups (broad SMARTS) is 1. The predicted octanol–water partition coefficient (Wildman–Crippen LogP) is -0.221. The standard InChI is InChI=1S/C9H17NO2/c1-8(9(11)12)6-5-7-10(2,3)4/h6H,5,7H2,1-4H3/b8-6+. The number of carboxylic acids is 1. The van der Waals surface area contributed by atoms with Crippen molar-refractivity contribution in [2.45, 2.75) is 13.3 Å². The SMILES string of the molecule is C/C(=C\CC[N+](C)(C)C)C(=O)[O-]. The van der Waals surface area contributed by atoms with E-state index in [9.17, 15) is 9.90 Å². The van der Waals surface area contributed by atoms with Crippen LogP contribution in [0.1, 0.15) is 13.3 Å². The fraction of sp³-hybridized carbons (Fsp3) is 0.667. The van der Waals surface area contributed by atoms with E-state index in [0.29, 0.717) is 5.57 Å². The molecular weight excluding hydrogens is 154 g/mol. The first-order valence-corrected chi connectivity index (χ1v) is 4.01. The summed E-state index contributed by atoms with van der Waals surface area (Å²) in [5, 5.41) is 10.3. The maximum Gasteiger partial charge on any atom is 0.0815 e. The molecule has 0 spiro atoms. The van der Waals surface area contributed by atoms with Gasteiger partial charge >= 0.3 is 0 Å². The number of hydrogen-bond acceptors (Lipinski definition) is 2. The summed E-state index contributed by atoms with van der Waals surface area (Å²) in [5.74, 6) is -1.07. The Hall–Kier alpha value is -0.830. The molecule has 0 radical (unpaired) electrons. The summed E-state index contributed by atoms with van der Waals surface area (Å²) >= 11 is 0. The summed E-state index contributed by atoms with van der Waals surface area (Å²) in [6.45, 7) is 2.50. The molecule has 0 saturated carbocycles. The molecule has 12 heavy (non-hydrogen) atoms. The van der Waals surface area contributed by atoms with Gasteiger partial charge in [0.05, 0.1) is 33.7 Å². The van der Waals surface area contributed by atoms with Gasteiger partial charge in [0.25, 0.3) is 0 Å².